The molecule has 162 valence electrons. The molecule has 0 saturated heterocycles. The van der Waals surface area contributed by atoms with E-state index in [1.165, 1.54) is 5.56 Å². The molecule has 1 aromatic carbocycles. The van der Waals surface area contributed by atoms with E-state index in [-0.39, 0.29) is 30.2 Å². The number of alkyl halides is 1. The minimum atomic E-state index is -0.758. The highest BCUT2D eigenvalue weighted by Gasteiger charge is 2.41. The molecule has 29 heavy (non-hydrogen) atoms. The van der Waals surface area contributed by atoms with Crippen LogP contribution in [0.15, 0.2) is 36.4 Å². The molecule has 3 N–H and O–H groups in total. The second-order valence-corrected chi connectivity index (χ2v) is 8.69. The molecule has 0 unspecified atom stereocenters. The molecule has 0 amide bonds. The van der Waals surface area contributed by atoms with Gasteiger partial charge < -0.3 is 15.3 Å². The molecule has 1 aromatic rings. The zero-order valence-corrected chi connectivity index (χ0v) is 17.9. The van der Waals surface area contributed by atoms with Crippen LogP contribution in [0.1, 0.15) is 74.8 Å². The first kappa shape index (κ1) is 23.9. The number of aliphatic hydroxyl groups excluding tert-OH is 2. The Hall–Kier alpha value is -1.36. The molecule has 4 atom stereocenters. The molecule has 0 aromatic heterocycles. The topological polar surface area (TPSA) is 77.8 Å². The van der Waals surface area contributed by atoms with Crippen molar-refractivity contribution in [1.82, 2.24) is 0 Å². The highest BCUT2D eigenvalue weighted by Crippen LogP contribution is 2.44. The van der Waals surface area contributed by atoms with Crippen molar-refractivity contribution in [3.05, 3.63) is 47.5 Å². The number of benzene rings is 1. The van der Waals surface area contributed by atoms with Crippen LogP contribution in [-0.2, 0) is 11.2 Å². The number of rotatable bonds is 13. The number of hydrogen-bond acceptors (Lipinski definition) is 3. The van der Waals surface area contributed by atoms with Gasteiger partial charge in [0.15, 0.2) is 0 Å². The maximum absolute atomic E-state index is 10.6. The van der Waals surface area contributed by atoms with Gasteiger partial charge in [0.2, 0.25) is 0 Å². The number of aryl methyl sites for hydroxylation is 1. The number of halogens is 1. The monoisotopic (exact) mass is 422 g/mol. The van der Waals surface area contributed by atoms with Crippen LogP contribution in [0.5, 0.6) is 0 Å². The Morgan fingerprint density at radius 2 is 1.79 bits per heavy atom. The maximum atomic E-state index is 10.6. The third kappa shape index (κ3) is 8.12. The lowest BCUT2D eigenvalue weighted by Crippen LogP contribution is -2.18. The number of allylic oxidation sites excluding steroid dienone is 2. The summed E-state index contributed by atoms with van der Waals surface area (Å²) in [6, 6.07) is 8.59. The van der Waals surface area contributed by atoms with Crippen LogP contribution >= 0.6 is 11.6 Å². The fraction of sp³-hybridized carbons (Fsp3) is 0.625. The third-order valence-electron chi connectivity index (χ3n) is 5.88. The molecule has 0 heterocycles. The molecular weight excluding hydrogens is 388 g/mol. The van der Waals surface area contributed by atoms with Crippen molar-refractivity contribution in [2.75, 3.05) is 6.61 Å². The molecule has 1 saturated carbocycles. The second kappa shape index (κ2) is 13.0. The van der Waals surface area contributed by atoms with E-state index in [9.17, 15) is 9.90 Å². The average Bonchev–Trinajstić information content (AvgIpc) is 2.98. The zero-order chi connectivity index (χ0) is 21.1. The Labute approximate surface area is 179 Å². The number of aliphatic carboxylic acids is 1. The largest absolute Gasteiger partial charge is 0.481 e. The number of unbranched alkanes of at least 4 members (excludes halogenated alkanes) is 4. The Balaban J connectivity index is 1.88. The van der Waals surface area contributed by atoms with E-state index in [0.717, 1.165) is 50.5 Å². The van der Waals surface area contributed by atoms with Crippen molar-refractivity contribution in [1.29, 1.82) is 0 Å². The molecule has 2 rings (SSSR count). The number of aliphatic hydroxyl groups is 2. The number of carboxylic acids is 1. The van der Waals surface area contributed by atoms with Crippen molar-refractivity contribution in [3.8, 4) is 0 Å². The molecule has 4 nitrogen and oxygen atoms in total. The minimum absolute atomic E-state index is 0.0415. The van der Waals surface area contributed by atoms with Crippen LogP contribution in [0.25, 0.3) is 0 Å². The van der Waals surface area contributed by atoms with Crippen molar-refractivity contribution >= 4 is 17.6 Å². The van der Waals surface area contributed by atoms with E-state index >= 15 is 0 Å². The van der Waals surface area contributed by atoms with Crippen LogP contribution in [0, 0.1) is 5.92 Å². The molecule has 1 aliphatic rings. The van der Waals surface area contributed by atoms with E-state index in [1.54, 1.807) is 0 Å². The van der Waals surface area contributed by atoms with Gasteiger partial charge in [-0.25, -0.2) is 0 Å². The molecule has 1 aliphatic carbocycles. The Kier molecular flexibility index (Phi) is 10.8. The molecule has 0 radical (unpaired) electrons. The first-order valence-electron chi connectivity index (χ1n) is 10.9. The van der Waals surface area contributed by atoms with E-state index in [4.69, 9.17) is 21.8 Å². The Bertz CT molecular complexity index is 628. The average molecular weight is 423 g/mol. The van der Waals surface area contributed by atoms with Gasteiger partial charge >= 0.3 is 5.97 Å². The van der Waals surface area contributed by atoms with Crippen LogP contribution < -0.4 is 0 Å². The number of carboxylic acid groups (broad SMARTS) is 1. The normalized spacial score (nSPS) is 24.4. The molecule has 0 aliphatic heterocycles. The maximum Gasteiger partial charge on any atom is 0.303 e. The van der Waals surface area contributed by atoms with Gasteiger partial charge in [-0.3, -0.25) is 4.79 Å². The summed E-state index contributed by atoms with van der Waals surface area (Å²) in [6.45, 7) is 0.276. The zero-order valence-electron chi connectivity index (χ0n) is 17.2. The van der Waals surface area contributed by atoms with Gasteiger partial charge in [0.25, 0.3) is 0 Å². The fourth-order valence-corrected chi connectivity index (χ4v) is 4.71. The van der Waals surface area contributed by atoms with Crippen LogP contribution in [0.4, 0.5) is 0 Å². The van der Waals surface area contributed by atoms with Crippen molar-refractivity contribution < 1.29 is 20.1 Å². The third-order valence-corrected chi connectivity index (χ3v) is 6.38. The lowest BCUT2D eigenvalue weighted by atomic mass is 9.85. The summed E-state index contributed by atoms with van der Waals surface area (Å²) in [5, 5.41) is 28.1. The van der Waals surface area contributed by atoms with Crippen LogP contribution in [0.2, 0.25) is 0 Å². The van der Waals surface area contributed by atoms with Crippen molar-refractivity contribution in [3.63, 3.8) is 0 Å². The van der Waals surface area contributed by atoms with E-state index in [1.807, 2.05) is 6.08 Å². The van der Waals surface area contributed by atoms with Gasteiger partial charge in [0.05, 0.1) is 6.10 Å². The van der Waals surface area contributed by atoms with Gasteiger partial charge in [0.1, 0.15) is 0 Å². The highest BCUT2D eigenvalue weighted by atomic mass is 35.5. The SMILES string of the molecule is O=C(O)CCC/C=C\C[C@@H]1[C@@H](c2ccc(CCCCCCO)cc2)[C@@H](O)C[C@H]1Cl. The van der Waals surface area contributed by atoms with Gasteiger partial charge in [-0.15, -0.1) is 11.6 Å². The van der Waals surface area contributed by atoms with Gasteiger partial charge in [-0.2, -0.15) is 0 Å². The number of hydrogen-bond donors (Lipinski definition) is 3. The predicted molar refractivity (Wildman–Crippen MR) is 117 cm³/mol. The van der Waals surface area contributed by atoms with Crippen molar-refractivity contribution in [2.45, 2.75) is 81.6 Å². The van der Waals surface area contributed by atoms with Crippen LogP contribution in [-0.4, -0.2) is 39.4 Å². The molecule has 1 fully saturated rings. The summed E-state index contributed by atoms with van der Waals surface area (Å²) < 4.78 is 0. The Morgan fingerprint density at radius 3 is 2.48 bits per heavy atom. The lowest BCUT2D eigenvalue weighted by molar-refractivity contribution is -0.137. The summed E-state index contributed by atoms with van der Waals surface area (Å²) in [4.78, 5) is 10.6. The fourth-order valence-electron chi connectivity index (χ4n) is 4.27. The van der Waals surface area contributed by atoms with Gasteiger partial charge in [-0.1, -0.05) is 49.3 Å². The lowest BCUT2D eigenvalue weighted by Gasteiger charge is -2.23. The second-order valence-electron chi connectivity index (χ2n) is 8.13. The summed E-state index contributed by atoms with van der Waals surface area (Å²) in [5.74, 6) is -0.529. The van der Waals surface area contributed by atoms with E-state index < -0.39 is 12.1 Å². The highest BCUT2D eigenvalue weighted by molar-refractivity contribution is 6.21. The molecule has 0 spiro atoms. The van der Waals surface area contributed by atoms with E-state index in [0.29, 0.717) is 12.8 Å². The van der Waals surface area contributed by atoms with Gasteiger partial charge in [-0.05, 0) is 62.0 Å². The summed E-state index contributed by atoms with van der Waals surface area (Å²) in [5.41, 5.74) is 2.46. The smallest absolute Gasteiger partial charge is 0.303 e. The van der Waals surface area contributed by atoms with Crippen LogP contribution in [0.3, 0.4) is 0 Å². The molecule has 0 bridgehead atoms. The number of carbonyl (C=O) groups is 1. The Morgan fingerprint density at radius 1 is 1.07 bits per heavy atom. The first-order valence-corrected chi connectivity index (χ1v) is 11.3. The standard InChI is InChI=1S/C24H35ClO4/c25-21-17-22(27)24(20(21)10-6-1-2-7-11-23(28)29)19-14-12-18(13-15-19)9-5-3-4-8-16-26/h1,6,12-15,20-22,24,26-27H,2-5,7-11,16-17H2,(H,28,29)/b6-1-/t20-,21+,22-,24+/m0/s1. The quantitative estimate of drug-likeness (QED) is 0.236. The predicted octanol–water partition coefficient (Wildman–Crippen LogP) is 5.05. The summed E-state index contributed by atoms with van der Waals surface area (Å²) in [7, 11) is 0. The summed E-state index contributed by atoms with van der Waals surface area (Å²) in [6.07, 6.45) is 12.0. The minimum Gasteiger partial charge on any atom is -0.481 e. The van der Waals surface area contributed by atoms with E-state index in [2.05, 4.69) is 30.3 Å². The van der Waals surface area contributed by atoms with Crippen molar-refractivity contribution in [2.24, 2.45) is 5.92 Å². The first-order chi connectivity index (χ1) is 14.0. The molecular formula is C24H35ClO4. The summed E-state index contributed by atoms with van der Waals surface area (Å²) >= 11 is 6.55. The van der Waals surface area contributed by atoms with Gasteiger partial charge in [0, 0.05) is 24.3 Å². The molecule has 5 heteroatoms.